The summed E-state index contributed by atoms with van der Waals surface area (Å²) in [6, 6.07) is 19.9. The molecule has 0 fully saturated rings. The van der Waals surface area contributed by atoms with Crippen LogP contribution in [0, 0.1) is 5.92 Å². The first-order valence-electron chi connectivity index (χ1n) is 12.7. The van der Waals surface area contributed by atoms with Crippen molar-refractivity contribution in [2.45, 2.75) is 59.3 Å². The van der Waals surface area contributed by atoms with Crippen molar-refractivity contribution in [3.05, 3.63) is 65.7 Å². The number of carbonyl (C=O) groups is 1. The Morgan fingerprint density at radius 3 is 2.21 bits per heavy atom. The third-order valence-electron chi connectivity index (χ3n) is 5.80. The molecule has 0 saturated carbocycles. The van der Waals surface area contributed by atoms with Gasteiger partial charge in [0.05, 0.1) is 0 Å². The van der Waals surface area contributed by atoms with Gasteiger partial charge in [-0.2, -0.15) is 0 Å². The normalized spacial score (nSPS) is 12.4. The summed E-state index contributed by atoms with van der Waals surface area (Å²) in [7, 11) is 3.75. The molecule has 0 heterocycles. The van der Waals surface area contributed by atoms with Gasteiger partial charge in [-0.25, -0.2) is 0 Å². The average molecular weight is 484 g/mol. The van der Waals surface area contributed by atoms with E-state index >= 15 is 0 Å². The van der Waals surface area contributed by atoms with Gasteiger partial charge in [-0.3, -0.25) is 9.10 Å². The molecule has 0 aliphatic rings. The van der Waals surface area contributed by atoms with Gasteiger partial charge in [-0.1, -0.05) is 63.2 Å². The number of nitrogens with zero attached hydrogens (tertiary/aromatic N) is 3. The molecule has 0 spiro atoms. The van der Waals surface area contributed by atoms with Crippen molar-refractivity contribution in [2.24, 2.45) is 5.92 Å². The fraction of sp³-hybridized carbons (Fsp3) is 0.517. The van der Waals surface area contributed by atoms with Crippen LogP contribution >= 0.6 is 10.7 Å². The Kier molecular flexibility index (Phi) is 12.4. The Balaban J connectivity index is 2.08. The molecule has 0 bridgehead atoms. The first kappa shape index (κ1) is 28.1. The summed E-state index contributed by atoms with van der Waals surface area (Å²) in [5.41, 5.74) is 4.01. The van der Waals surface area contributed by atoms with Crippen LogP contribution in [0.3, 0.4) is 0 Å². The van der Waals surface area contributed by atoms with E-state index in [1.807, 2.05) is 14.1 Å². The molecule has 0 radical (unpaired) electrons. The van der Waals surface area contributed by atoms with Gasteiger partial charge in [0.25, 0.3) is 0 Å². The van der Waals surface area contributed by atoms with Crippen LogP contribution in [0.25, 0.3) is 0 Å². The Morgan fingerprint density at radius 1 is 0.971 bits per heavy atom. The summed E-state index contributed by atoms with van der Waals surface area (Å²) < 4.78 is 2.64. The van der Waals surface area contributed by atoms with Crippen molar-refractivity contribution in [1.29, 1.82) is 0 Å². The van der Waals surface area contributed by atoms with Crippen molar-refractivity contribution in [1.82, 2.24) is 9.21 Å². The van der Waals surface area contributed by atoms with E-state index in [-0.39, 0.29) is 16.6 Å². The summed E-state index contributed by atoms with van der Waals surface area (Å²) in [5, 5.41) is 2.38. The molecule has 1 atom stereocenters. The van der Waals surface area contributed by atoms with Crippen LogP contribution in [0.5, 0.6) is 0 Å². The quantitative estimate of drug-likeness (QED) is 0.290. The predicted molar refractivity (Wildman–Crippen MR) is 152 cm³/mol. The minimum absolute atomic E-state index is 0.0908. The number of carbonyl (C=O) groups excluding carboxylic acids is 1. The van der Waals surface area contributed by atoms with E-state index in [9.17, 15) is 4.79 Å². The van der Waals surface area contributed by atoms with Crippen LogP contribution < -0.4 is 4.90 Å². The van der Waals surface area contributed by atoms with E-state index < -0.39 is 0 Å². The number of rotatable bonds is 14. The SMILES string of the molecule is CC=S(Cc1ccccc1)N(Cc1ccc(N(CCC)CCCC(=O)N(C)C)cc1)CC(C)C. The lowest BCUT2D eigenvalue weighted by Crippen LogP contribution is -2.28. The van der Waals surface area contributed by atoms with E-state index in [1.165, 1.54) is 16.8 Å². The van der Waals surface area contributed by atoms with Crippen LogP contribution in [-0.4, -0.2) is 54.2 Å². The van der Waals surface area contributed by atoms with E-state index in [2.05, 4.69) is 96.9 Å². The Morgan fingerprint density at radius 2 is 1.65 bits per heavy atom. The maximum Gasteiger partial charge on any atom is 0.222 e. The van der Waals surface area contributed by atoms with Gasteiger partial charge in [-0.05, 0) is 54.3 Å². The molecular weight excluding hydrogens is 438 g/mol. The topological polar surface area (TPSA) is 26.8 Å². The molecule has 0 aliphatic heterocycles. The Labute approximate surface area is 211 Å². The zero-order chi connectivity index (χ0) is 24.9. The van der Waals surface area contributed by atoms with Crippen molar-refractivity contribution >= 4 is 27.6 Å². The summed E-state index contributed by atoms with van der Waals surface area (Å²) in [4.78, 5) is 16.0. The van der Waals surface area contributed by atoms with Gasteiger partial charge < -0.3 is 9.80 Å². The Bertz CT molecular complexity index is 878. The lowest BCUT2D eigenvalue weighted by Gasteiger charge is -2.29. The van der Waals surface area contributed by atoms with Crippen LogP contribution in [-0.2, 0) is 17.1 Å². The minimum atomic E-state index is 0.0908. The lowest BCUT2D eigenvalue weighted by atomic mass is 10.1. The average Bonchev–Trinajstić information content (AvgIpc) is 2.82. The number of hydrogen-bond donors (Lipinski definition) is 0. The molecule has 0 N–H and O–H groups in total. The number of anilines is 1. The fourth-order valence-corrected chi connectivity index (χ4v) is 6.01. The smallest absolute Gasteiger partial charge is 0.222 e. The van der Waals surface area contributed by atoms with E-state index in [0.717, 1.165) is 44.8 Å². The molecule has 1 unspecified atom stereocenters. The number of amides is 1. The largest absolute Gasteiger partial charge is 0.372 e. The van der Waals surface area contributed by atoms with Gasteiger partial charge >= 0.3 is 0 Å². The molecule has 2 aromatic rings. The van der Waals surface area contributed by atoms with Gasteiger partial charge in [-0.15, -0.1) is 10.7 Å². The molecule has 0 saturated heterocycles. The van der Waals surface area contributed by atoms with Crippen molar-refractivity contribution in [3.63, 3.8) is 0 Å². The molecule has 0 aliphatic carbocycles. The fourth-order valence-electron chi connectivity index (χ4n) is 4.02. The first-order chi connectivity index (χ1) is 16.3. The van der Waals surface area contributed by atoms with Crippen molar-refractivity contribution < 1.29 is 4.79 Å². The minimum Gasteiger partial charge on any atom is -0.372 e. The molecule has 188 valence electrons. The van der Waals surface area contributed by atoms with Crippen LogP contribution in [0.4, 0.5) is 5.69 Å². The number of benzene rings is 2. The summed E-state index contributed by atoms with van der Waals surface area (Å²) >= 11 is 0. The highest BCUT2D eigenvalue weighted by Crippen LogP contribution is 2.29. The molecule has 2 aromatic carbocycles. The zero-order valence-corrected chi connectivity index (χ0v) is 23.0. The van der Waals surface area contributed by atoms with Crippen LogP contribution in [0.2, 0.25) is 0 Å². The first-order valence-corrected chi connectivity index (χ1v) is 14.1. The molecule has 1 amide bonds. The standard InChI is InChI=1S/C29H45N3OS/c1-7-20-31(21-12-15-29(33)30(5)6)28-18-16-26(17-19-28)23-32(22-25(3)4)34(8-2)24-27-13-10-9-11-14-27/h8-11,13-14,16-19,25H,7,12,15,20-24H2,1-6H3. The molecular formula is C29H45N3OS. The zero-order valence-electron chi connectivity index (χ0n) is 22.2. The highest BCUT2D eigenvalue weighted by molar-refractivity contribution is 8.12. The maximum atomic E-state index is 11.9. The van der Waals surface area contributed by atoms with E-state index in [0.29, 0.717) is 12.3 Å². The second-order valence-corrected chi connectivity index (χ2v) is 11.6. The van der Waals surface area contributed by atoms with Crippen LogP contribution in [0.1, 0.15) is 58.1 Å². The Hall–Kier alpha value is -2.11. The highest BCUT2D eigenvalue weighted by atomic mass is 32.2. The molecule has 34 heavy (non-hydrogen) atoms. The van der Waals surface area contributed by atoms with Crippen molar-refractivity contribution in [3.8, 4) is 0 Å². The van der Waals surface area contributed by atoms with Gasteiger partial charge in [0, 0.05) is 58.1 Å². The summed E-state index contributed by atoms with van der Waals surface area (Å²) in [5.74, 6) is 1.89. The van der Waals surface area contributed by atoms with Gasteiger partial charge in [0.15, 0.2) is 0 Å². The second kappa shape index (κ2) is 15.0. The predicted octanol–water partition coefficient (Wildman–Crippen LogP) is 6.44. The summed E-state index contributed by atoms with van der Waals surface area (Å²) in [6.07, 6.45) is 2.59. The maximum absolute atomic E-state index is 11.9. The second-order valence-electron chi connectivity index (χ2n) is 9.53. The molecule has 0 aromatic heterocycles. The monoisotopic (exact) mass is 483 g/mol. The molecule has 4 nitrogen and oxygen atoms in total. The highest BCUT2D eigenvalue weighted by Gasteiger charge is 2.14. The lowest BCUT2D eigenvalue weighted by molar-refractivity contribution is -0.128. The molecule has 2 rings (SSSR count). The molecule has 5 heteroatoms. The third kappa shape index (κ3) is 9.63. The van der Waals surface area contributed by atoms with Crippen LogP contribution in [0.15, 0.2) is 54.6 Å². The summed E-state index contributed by atoms with van der Waals surface area (Å²) in [6.45, 7) is 13.0. The van der Waals surface area contributed by atoms with Crippen molar-refractivity contribution in [2.75, 3.05) is 38.6 Å². The van der Waals surface area contributed by atoms with E-state index in [4.69, 9.17) is 0 Å². The number of hydrogen-bond acceptors (Lipinski definition) is 3. The van der Waals surface area contributed by atoms with Gasteiger partial charge in [0.2, 0.25) is 5.91 Å². The van der Waals surface area contributed by atoms with E-state index in [1.54, 1.807) is 4.90 Å². The van der Waals surface area contributed by atoms with Gasteiger partial charge in [0.1, 0.15) is 0 Å². The third-order valence-corrected chi connectivity index (χ3v) is 7.92.